The number of carbonyl (C=O) groups excluding carboxylic acids is 1. The highest BCUT2D eigenvalue weighted by atomic mass is 16.5. The Balaban J connectivity index is 1.92. The second-order valence-electron chi connectivity index (χ2n) is 4.27. The Bertz CT molecular complexity index is 372. The molecule has 2 atom stereocenters. The smallest absolute Gasteiger partial charge is 0.227 e. The maximum Gasteiger partial charge on any atom is 0.227 e. The van der Waals surface area contributed by atoms with Gasteiger partial charge >= 0.3 is 0 Å². The van der Waals surface area contributed by atoms with Gasteiger partial charge in [-0.25, -0.2) is 0 Å². The van der Waals surface area contributed by atoms with Crippen LogP contribution in [0.2, 0.25) is 0 Å². The first-order valence-electron chi connectivity index (χ1n) is 5.74. The van der Waals surface area contributed by atoms with Gasteiger partial charge in [0.15, 0.2) is 0 Å². The predicted octanol–water partition coefficient (Wildman–Crippen LogP) is 2.68. The number of hydrogen-bond acceptors (Lipinski definition) is 2. The summed E-state index contributed by atoms with van der Waals surface area (Å²) in [6, 6.07) is 7.48. The van der Waals surface area contributed by atoms with Crippen molar-refractivity contribution in [2.24, 2.45) is 11.8 Å². The van der Waals surface area contributed by atoms with Gasteiger partial charge in [0, 0.05) is 11.6 Å². The standard InChI is InChI=1S/C13H17NO2/c1-3-16-11-6-4-10(5-7-11)14-13(15)12-8-9(12)2/h4-7,9,12H,3,8H2,1-2H3,(H,14,15)/t9-,12-/m1/s1. The van der Waals surface area contributed by atoms with Gasteiger partial charge < -0.3 is 10.1 Å². The van der Waals surface area contributed by atoms with E-state index in [0.717, 1.165) is 17.9 Å². The van der Waals surface area contributed by atoms with E-state index < -0.39 is 0 Å². The number of benzene rings is 1. The summed E-state index contributed by atoms with van der Waals surface area (Å²) >= 11 is 0. The number of carbonyl (C=O) groups is 1. The molecule has 1 aromatic carbocycles. The maximum atomic E-state index is 11.7. The normalized spacial score (nSPS) is 22.6. The van der Waals surface area contributed by atoms with E-state index in [4.69, 9.17) is 4.74 Å². The summed E-state index contributed by atoms with van der Waals surface area (Å²) in [6.45, 7) is 4.71. The zero-order chi connectivity index (χ0) is 11.5. The number of hydrogen-bond donors (Lipinski definition) is 1. The zero-order valence-electron chi connectivity index (χ0n) is 9.69. The summed E-state index contributed by atoms with van der Waals surface area (Å²) < 4.78 is 5.33. The molecule has 1 saturated carbocycles. The predicted molar refractivity (Wildman–Crippen MR) is 63.5 cm³/mol. The Labute approximate surface area is 95.8 Å². The van der Waals surface area contributed by atoms with Crippen molar-refractivity contribution < 1.29 is 9.53 Å². The van der Waals surface area contributed by atoms with Crippen LogP contribution in [-0.2, 0) is 4.79 Å². The number of ether oxygens (including phenoxy) is 1. The van der Waals surface area contributed by atoms with Crippen LogP contribution in [0, 0.1) is 11.8 Å². The van der Waals surface area contributed by atoms with Gasteiger partial charge in [-0.3, -0.25) is 4.79 Å². The average molecular weight is 219 g/mol. The first-order chi connectivity index (χ1) is 7.70. The van der Waals surface area contributed by atoms with Gasteiger partial charge in [0.05, 0.1) is 6.61 Å². The molecule has 1 aliphatic carbocycles. The molecule has 3 heteroatoms. The van der Waals surface area contributed by atoms with Gasteiger partial charge in [0.1, 0.15) is 5.75 Å². The van der Waals surface area contributed by atoms with Gasteiger partial charge in [0.25, 0.3) is 0 Å². The second-order valence-corrected chi connectivity index (χ2v) is 4.27. The van der Waals surface area contributed by atoms with Crippen LogP contribution < -0.4 is 10.1 Å². The fraction of sp³-hybridized carbons (Fsp3) is 0.462. The molecule has 2 rings (SSSR count). The van der Waals surface area contributed by atoms with E-state index in [1.54, 1.807) is 0 Å². The van der Waals surface area contributed by atoms with Crippen molar-refractivity contribution in [2.45, 2.75) is 20.3 Å². The van der Waals surface area contributed by atoms with E-state index in [1.165, 1.54) is 0 Å². The number of nitrogens with one attached hydrogen (secondary N) is 1. The van der Waals surface area contributed by atoms with Crippen LogP contribution in [0.3, 0.4) is 0 Å². The Hall–Kier alpha value is -1.51. The minimum absolute atomic E-state index is 0.136. The van der Waals surface area contributed by atoms with E-state index in [0.29, 0.717) is 12.5 Å². The van der Waals surface area contributed by atoms with Crippen molar-refractivity contribution in [1.29, 1.82) is 0 Å². The van der Waals surface area contributed by atoms with E-state index in [1.807, 2.05) is 31.2 Å². The second kappa shape index (κ2) is 4.56. The van der Waals surface area contributed by atoms with Gasteiger partial charge in [0.2, 0.25) is 5.91 Å². The van der Waals surface area contributed by atoms with Crippen molar-refractivity contribution in [3.63, 3.8) is 0 Å². The van der Waals surface area contributed by atoms with Crippen LogP contribution in [-0.4, -0.2) is 12.5 Å². The molecule has 0 aromatic heterocycles. The fourth-order valence-corrected chi connectivity index (χ4v) is 1.72. The van der Waals surface area contributed by atoms with Gasteiger partial charge in [-0.1, -0.05) is 6.92 Å². The van der Waals surface area contributed by atoms with Crippen molar-refractivity contribution in [1.82, 2.24) is 0 Å². The van der Waals surface area contributed by atoms with Crippen LogP contribution in [0.5, 0.6) is 5.75 Å². The molecule has 0 heterocycles. The molecule has 0 saturated heterocycles. The lowest BCUT2D eigenvalue weighted by atomic mass is 10.2. The summed E-state index contributed by atoms with van der Waals surface area (Å²) in [5.74, 6) is 1.73. The lowest BCUT2D eigenvalue weighted by Crippen LogP contribution is -2.14. The SMILES string of the molecule is CCOc1ccc(NC(=O)[C@@H]2C[C@H]2C)cc1. The quantitative estimate of drug-likeness (QED) is 0.845. The van der Waals surface area contributed by atoms with Crippen molar-refractivity contribution in [3.8, 4) is 5.75 Å². The van der Waals surface area contributed by atoms with Gasteiger partial charge in [-0.05, 0) is 43.5 Å². The Morgan fingerprint density at radius 1 is 1.44 bits per heavy atom. The molecule has 1 amide bonds. The van der Waals surface area contributed by atoms with Crippen molar-refractivity contribution >= 4 is 11.6 Å². The summed E-state index contributed by atoms with van der Waals surface area (Å²) in [5.41, 5.74) is 0.840. The van der Waals surface area contributed by atoms with Gasteiger partial charge in [-0.15, -0.1) is 0 Å². The molecule has 3 nitrogen and oxygen atoms in total. The number of rotatable bonds is 4. The number of amides is 1. The van der Waals surface area contributed by atoms with Crippen LogP contribution in [0.1, 0.15) is 20.3 Å². The molecule has 0 radical (unpaired) electrons. The van der Waals surface area contributed by atoms with E-state index in [-0.39, 0.29) is 11.8 Å². The highest BCUT2D eigenvalue weighted by Crippen LogP contribution is 2.38. The summed E-state index contributed by atoms with van der Waals surface area (Å²) in [7, 11) is 0. The van der Waals surface area contributed by atoms with Crippen molar-refractivity contribution in [2.75, 3.05) is 11.9 Å². The maximum absolute atomic E-state index is 11.7. The van der Waals surface area contributed by atoms with Crippen LogP contribution >= 0.6 is 0 Å². The molecule has 0 aliphatic heterocycles. The molecule has 1 N–H and O–H groups in total. The first kappa shape index (κ1) is 11.0. The van der Waals surface area contributed by atoms with E-state index in [9.17, 15) is 4.79 Å². The number of anilines is 1. The Morgan fingerprint density at radius 2 is 2.06 bits per heavy atom. The molecule has 0 spiro atoms. The summed E-state index contributed by atoms with van der Waals surface area (Å²) in [4.78, 5) is 11.7. The minimum atomic E-state index is 0.136. The van der Waals surface area contributed by atoms with E-state index >= 15 is 0 Å². The van der Waals surface area contributed by atoms with E-state index in [2.05, 4.69) is 12.2 Å². The third-order valence-corrected chi connectivity index (χ3v) is 2.88. The Kier molecular flexibility index (Phi) is 3.13. The molecule has 16 heavy (non-hydrogen) atoms. The Morgan fingerprint density at radius 3 is 2.56 bits per heavy atom. The van der Waals surface area contributed by atoms with Crippen LogP contribution in [0.4, 0.5) is 5.69 Å². The zero-order valence-corrected chi connectivity index (χ0v) is 9.69. The monoisotopic (exact) mass is 219 g/mol. The molecule has 1 aliphatic rings. The first-order valence-corrected chi connectivity index (χ1v) is 5.74. The molecule has 86 valence electrons. The molecule has 1 aromatic rings. The molecule has 0 unspecified atom stereocenters. The third kappa shape index (κ3) is 2.54. The highest BCUT2D eigenvalue weighted by Gasteiger charge is 2.38. The summed E-state index contributed by atoms with van der Waals surface area (Å²) in [5, 5.41) is 2.91. The average Bonchev–Trinajstić information content (AvgIpc) is 2.99. The molecular weight excluding hydrogens is 202 g/mol. The lowest BCUT2D eigenvalue weighted by Gasteiger charge is -2.06. The lowest BCUT2D eigenvalue weighted by molar-refractivity contribution is -0.117. The van der Waals surface area contributed by atoms with Crippen LogP contribution in [0.15, 0.2) is 24.3 Å². The molecule has 0 bridgehead atoms. The highest BCUT2D eigenvalue weighted by molar-refractivity contribution is 5.94. The largest absolute Gasteiger partial charge is 0.494 e. The molecular formula is C13H17NO2. The van der Waals surface area contributed by atoms with Crippen LogP contribution in [0.25, 0.3) is 0 Å². The topological polar surface area (TPSA) is 38.3 Å². The molecule has 1 fully saturated rings. The fourth-order valence-electron chi connectivity index (χ4n) is 1.72. The van der Waals surface area contributed by atoms with Gasteiger partial charge in [-0.2, -0.15) is 0 Å². The van der Waals surface area contributed by atoms with Crippen molar-refractivity contribution in [3.05, 3.63) is 24.3 Å². The minimum Gasteiger partial charge on any atom is -0.494 e. The third-order valence-electron chi connectivity index (χ3n) is 2.88. The summed E-state index contributed by atoms with van der Waals surface area (Å²) in [6.07, 6.45) is 1.02.